The molecule has 1 aromatic carbocycles. The first kappa shape index (κ1) is 19.8. The van der Waals surface area contributed by atoms with Gasteiger partial charge in [-0.3, -0.25) is 9.59 Å². The van der Waals surface area contributed by atoms with Crippen molar-refractivity contribution < 1.29 is 9.59 Å². The summed E-state index contributed by atoms with van der Waals surface area (Å²) in [7, 11) is 0. The Morgan fingerprint density at radius 3 is 2.76 bits per heavy atom. The van der Waals surface area contributed by atoms with Crippen LogP contribution in [0.15, 0.2) is 41.7 Å². The summed E-state index contributed by atoms with van der Waals surface area (Å²) in [4.78, 5) is 26.7. The Morgan fingerprint density at radius 1 is 1.24 bits per heavy atom. The topological polar surface area (TPSA) is 79.3 Å². The Balaban J connectivity index is 1.71. The SMILES string of the molecule is CC(=O)NC1CCN(C(=O)C2=C(C)Nc3ccnn3C2c2ccc(Cl)c(Cl)c2)C1. The number of hydrogen-bond acceptors (Lipinski definition) is 4. The Hall–Kier alpha value is -2.51. The molecular formula is C20H21Cl2N5O2. The van der Waals surface area contributed by atoms with E-state index in [2.05, 4.69) is 15.7 Å². The van der Waals surface area contributed by atoms with E-state index < -0.39 is 6.04 Å². The molecule has 2 amide bonds. The van der Waals surface area contributed by atoms with Crippen LogP contribution in [-0.4, -0.2) is 45.6 Å². The van der Waals surface area contributed by atoms with Crippen molar-refractivity contribution in [2.45, 2.75) is 32.4 Å². The van der Waals surface area contributed by atoms with Crippen LogP contribution in [0.3, 0.4) is 0 Å². The number of carbonyl (C=O) groups excluding carboxylic acids is 2. The second-order valence-corrected chi connectivity index (χ2v) is 8.15. The van der Waals surface area contributed by atoms with Crippen molar-refractivity contribution in [2.24, 2.45) is 0 Å². The standard InChI is InChI=1S/C20H21Cl2N5O2/c1-11-18(20(29)26-8-6-14(10-26)25-12(2)28)19(27-17(24-11)5-7-23-27)13-3-4-15(21)16(22)9-13/h3-5,7,9,14,19,24H,6,8,10H2,1-2H3,(H,25,28). The molecule has 1 aromatic heterocycles. The fourth-order valence-corrected chi connectivity index (χ4v) is 4.30. The van der Waals surface area contributed by atoms with Crippen molar-refractivity contribution in [2.75, 3.05) is 18.4 Å². The van der Waals surface area contributed by atoms with Crippen molar-refractivity contribution in [3.63, 3.8) is 0 Å². The quantitative estimate of drug-likeness (QED) is 0.778. The predicted octanol–water partition coefficient (Wildman–Crippen LogP) is 3.22. The lowest BCUT2D eigenvalue weighted by Crippen LogP contribution is -2.40. The lowest BCUT2D eigenvalue weighted by Gasteiger charge is -2.32. The molecule has 0 radical (unpaired) electrons. The first-order valence-electron chi connectivity index (χ1n) is 9.37. The summed E-state index contributed by atoms with van der Waals surface area (Å²) in [6.45, 7) is 4.44. The van der Waals surface area contributed by atoms with Gasteiger partial charge in [0.15, 0.2) is 0 Å². The maximum Gasteiger partial charge on any atom is 0.254 e. The third-order valence-electron chi connectivity index (χ3n) is 5.28. The van der Waals surface area contributed by atoms with Gasteiger partial charge >= 0.3 is 0 Å². The molecule has 7 nitrogen and oxygen atoms in total. The Morgan fingerprint density at radius 2 is 2.03 bits per heavy atom. The van der Waals surface area contributed by atoms with E-state index in [4.69, 9.17) is 23.2 Å². The van der Waals surface area contributed by atoms with Crippen LogP contribution >= 0.6 is 23.2 Å². The lowest BCUT2D eigenvalue weighted by molar-refractivity contribution is -0.127. The number of aromatic nitrogens is 2. The molecule has 3 heterocycles. The number of nitrogens with one attached hydrogen (secondary N) is 2. The lowest BCUT2D eigenvalue weighted by atomic mass is 9.94. The average molecular weight is 434 g/mol. The monoisotopic (exact) mass is 433 g/mol. The van der Waals surface area contributed by atoms with E-state index in [1.165, 1.54) is 6.92 Å². The Bertz CT molecular complexity index is 1020. The largest absolute Gasteiger partial charge is 0.352 e. The molecule has 1 saturated heterocycles. The molecule has 2 aromatic rings. The molecule has 4 rings (SSSR count). The van der Waals surface area contributed by atoms with E-state index in [0.717, 1.165) is 23.5 Å². The van der Waals surface area contributed by atoms with Crippen LogP contribution in [0.2, 0.25) is 10.0 Å². The highest BCUT2D eigenvalue weighted by molar-refractivity contribution is 6.42. The minimum Gasteiger partial charge on any atom is -0.352 e. The number of rotatable bonds is 3. The van der Waals surface area contributed by atoms with Gasteiger partial charge in [0.1, 0.15) is 11.9 Å². The fourth-order valence-electron chi connectivity index (χ4n) is 3.99. The molecule has 0 aliphatic carbocycles. The summed E-state index contributed by atoms with van der Waals surface area (Å²) in [5.74, 6) is 0.627. The third-order valence-corrected chi connectivity index (χ3v) is 6.02. The minimum atomic E-state index is -0.427. The van der Waals surface area contributed by atoms with Crippen molar-refractivity contribution in [3.05, 3.63) is 57.3 Å². The first-order valence-corrected chi connectivity index (χ1v) is 10.1. The first-order chi connectivity index (χ1) is 13.8. The van der Waals surface area contributed by atoms with Crippen molar-refractivity contribution in [3.8, 4) is 0 Å². The molecule has 2 aliphatic rings. The summed E-state index contributed by atoms with van der Waals surface area (Å²) in [6, 6.07) is 6.76. The number of allylic oxidation sites excluding steroid dienone is 1. The van der Waals surface area contributed by atoms with Crippen LogP contribution < -0.4 is 10.6 Å². The number of benzene rings is 1. The van der Waals surface area contributed by atoms with Crippen LogP contribution in [0, 0.1) is 0 Å². The highest BCUT2D eigenvalue weighted by atomic mass is 35.5. The number of carbonyl (C=O) groups is 2. The van der Waals surface area contributed by atoms with Gasteiger partial charge in [-0.15, -0.1) is 0 Å². The van der Waals surface area contributed by atoms with Crippen LogP contribution in [0.5, 0.6) is 0 Å². The second kappa shape index (κ2) is 7.72. The number of fused-ring (bicyclic) bond motifs is 1. The molecule has 2 N–H and O–H groups in total. The van der Waals surface area contributed by atoms with Crippen LogP contribution in [-0.2, 0) is 9.59 Å². The van der Waals surface area contributed by atoms with E-state index in [-0.39, 0.29) is 17.9 Å². The average Bonchev–Trinajstić information content (AvgIpc) is 3.31. The molecule has 152 valence electrons. The zero-order valence-electron chi connectivity index (χ0n) is 16.1. The Kier molecular flexibility index (Phi) is 5.27. The van der Waals surface area contributed by atoms with Gasteiger partial charge in [-0.1, -0.05) is 29.3 Å². The molecule has 0 saturated carbocycles. The minimum absolute atomic E-state index is 0.0300. The van der Waals surface area contributed by atoms with Gasteiger partial charge in [0.25, 0.3) is 5.91 Å². The van der Waals surface area contributed by atoms with Crippen LogP contribution in [0.4, 0.5) is 5.82 Å². The maximum absolute atomic E-state index is 13.5. The van der Waals surface area contributed by atoms with Gasteiger partial charge in [0, 0.05) is 37.8 Å². The van der Waals surface area contributed by atoms with E-state index in [1.54, 1.807) is 27.9 Å². The van der Waals surface area contributed by atoms with Gasteiger partial charge in [-0.05, 0) is 31.0 Å². The van der Waals surface area contributed by atoms with Gasteiger partial charge in [-0.25, -0.2) is 4.68 Å². The number of likely N-dealkylation sites (tertiary alicyclic amines) is 1. The number of nitrogens with zero attached hydrogens (tertiary/aromatic N) is 3. The second-order valence-electron chi connectivity index (χ2n) is 7.34. The van der Waals surface area contributed by atoms with E-state index in [9.17, 15) is 9.59 Å². The molecule has 0 bridgehead atoms. The summed E-state index contributed by atoms with van der Waals surface area (Å²) < 4.78 is 1.78. The smallest absolute Gasteiger partial charge is 0.254 e. The van der Waals surface area contributed by atoms with E-state index >= 15 is 0 Å². The van der Waals surface area contributed by atoms with Gasteiger partial charge in [0.2, 0.25) is 5.91 Å². The molecule has 2 unspecified atom stereocenters. The highest BCUT2D eigenvalue weighted by Crippen LogP contribution is 2.38. The number of anilines is 1. The van der Waals surface area contributed by atoms with E-state index in [0.29, 0.717) is 28.7 Å². The van der Waals surface area contributed by atoms with Gasteiger partial charge < -0.3 is 15.5 Å². The van der Waals surface area contributed by atoms with Crippen molar-refractivity contribution >= 4 is 40.8 Å². The van der Waals surface area contributed by atoms with Gasteiger partial charge in [-0.2, -0.15) is 5.10 Å². The summed E-state index contributed by atoms with van der Waals surface area (Å²) in [5, 5.41) is 11.5. The number of halogens is 2. The van der Waals surface area contributed by atoms with Crippen molar-refractivity contribution in [1.82, 2.24) is 20.0 Å². The molecule has 1 fully saturated rings. The van der Waals surface area contributed by atoms with E-state index in [1.807, 2.05) is 19.1 Å². The van der Waals surface area contributed by atoms with Crippen molar-refractivity contribution in [1.29, 1.82) is 0 Å². The zero-order valence-corrected chi connectivity index (χ0v) is 17.6. The highest BCUT2D eigenvalue weighted by Gasteiger charge is 2.37. The normalized spacial score (nSPS) is 21.0. The number of amides is 2. The van der Waals surface area contributed by atoms with Gasteiger partial charge in [0.05, 0.1) is 21.8 Å². The molecule has 0 spiro atoms. The number of hydrogen-bond donors (Lipinski definition) is 2. The molecule has 2 aliphatic heterocycles. The van der Waals surface area contributed by atoms with Crippen LogP contribution in [0.1, 0.15) is 31.9 Å². The summed E-state index contributed by atoms with van der Waals surface area (Å²) >= 11 is 12.4. The summed E-state index contributed by atoms with van der Waals surface area (Å²) in [5.41, 5.74) is 2.19. The maximum atomic E-state index is 13.5. The molecular weight excluding hydrogens is 413 g/mol. The predicted molar refractivity (Wildman–Crippen MR) is 112 cm³/mol. The third kappa shape index (κ3) is 3.72. The molecule has 9 heteroatoms. The zero-order chi connectivity index (χ0) is 20.7. The summed E-state index contributed by atoms with van der Waals surface area (Å²) in [6.07, 6.45) is 2.42. The Labute approximate surface area is 178 Å². The van der Waals surface area contributed by atoms with Crippen LogP contribution in [0.25, 0.3) is 0 Å². The molecule has 2 atom stereocenters. The fraction of sp³-hybridized carbons (Fsp3) is 0.350. The molecule has 29 heavy (non-hydrogen) atoms.